The molecular weight excluding hydrogens is 260 g/mol. The summed E-state index contributed by atoms with van der Waals surface area (Å²) in [4.78, 5) is 2.51. The molecule has 0 spiro atoms. The fourth-order valence-corrected chi connectivity index (χ4v) is 3.30. The highest BCUT2D eigenvalue weighted by atomic mass is 16.5. The minimum absolute atomic E-state index is 0.552. The lowest BCUT2D eigenvalue weighted by molar-refractivity contribution is -0.0122. The molecule has 0 N–H and O–H groups in total. The lowest BCUT2D eigenvalue weighted by Gasteiger charge is -2.50. The first-order valence-electron chi connectivity index (χ1n) is 7.93. The molecular formula is C18H24N2O. The van der Waals surface area contributed by atoms with Gasteiger partial charge in [-0.15, -0.1) is 0 Å². The third-order valence-electron chi connectivity index (χ3n) is 4.95. The Bertz CT molecular complexity index is 564. The van der Waals surface area contributed by atoms with Gasteiger partial charge in [-0.3, -0.25) is 4.90 Å². The van der Waals surface area contributed by atoms with Gasteiger partial charge in [0.05, 0.1) is 5.69 Å². The van der Waals surface area contributed by atoms with E-state index in [9.17, 15) is 0 Å². The smallest absolute Gasteiger partial charge is 0.128 e. The lowest BCUT2D eigenvalue weighted by Crippen LogP contribution is -2.54. The summed E-state index contributed by atoms with van der Waals surface area (Å²) in [5.74, 6) is 0. The van der Waals surface area contributed by atoms with Crippen LogP contribution >= 0.6 is 0 Å². The second-order valence-corrected chi connectivity index (χ2v) is 6.30. The van der Waals surface area contributed by atoms with Crippen molar-refractivity contribution >= 4 is 0 Å². The van der Waals surface area contributed by atoms with Gasteiger partial charge in [0.1, 0.15) is 6.26 Å². The Hall–Kier alpha value is -1.61. The summed E-state index contributed by atoms with van der Waals surface area (Å²) in [6.45, 7) is 7.99. The number of likely N-dealkylation sites (tertiary alicyclic amines) is 1. The molecule has 0 amide bonds. The van der Waals surface area contributed by atoms with Crippen LogP contribution in [0.15, 0.2) is 41.1 Å². The highest BCUT2D eigenvalue weighted by molar-refractivity contribution is 5.25. The van der Waals surface area contributed by atoms with E-state index in [2.05, 4.69) is 48.2 Å². The van der Waals surface area contributed by atoms with Crippen LogP contribution in [-0.2, 0) is 13.0 Å². The molecule has 3 heteroatoms. The van der Waals surface area contributed by atoms with Crippen LogP contribution in [0.1, 0.15) is 43.5 Å². The minimum atomic E-state index is 0.552. The minimum Gasteiger partial charge on any atom is -0.364 e. The van der Waals surface area contributed by atoms with E-state index in [0.29, 0.717) is 5.41 Å². The Morgan fingerprint density at radius 1 is 1.14 bits per heavy atom. The Kier molecular flexibility index (Phi) is 4.11. The van der Waals surface area contributed by atoms with Crippen molar-refractivity contribution in [3.05, 3.63) is 53.4 Å². The lowest BCUT2D eigenvalue weighted by atomic mass is 9.75. The normalized spacial score (nSPS) is 17.6. The molecule has 0 aliphatic carbocycles. The van der Waals surface area contributed by atoms with Gasteiger partial charge >= 0.3 is 0 Å². The summed E-state index contributed by atoms with van der Waals surface area (Å²) in [5.41, 5.74) is 4.15. The quantitative estimate of drug-likeness (QED) is 0.806. The van der Waals surface area contributed by atoms with E-state index in [0.717, 1.165) is 18.7 Å². The van der Waals surface area contributed by atoms with Crippen molar-refractivity contribution in [3.63, 3.8) is 0 Å². The molecule has 0 bridgehead atoms. The van der Waals surface area contributed by atoms with E-state index in [1.807, 2.05) is 12.3 Å². The van der Waals surface area contributed by atoms with Crippen molar-refractivity contribution in [2.24, 2.45) is 5.41 Å². The standard InChI is InChI=1S/C18H24N2O/c1-3-18(4-2)13-20(14-18)11-16-12-21-19-17(16)10-15-8-6-5-7-9-15/h5-9,12H,3-4,10-11,13-14H2,1-2H3. The number of benzene rings is 1. The molecule has 2 heterocycles. The van der Waals surface area contributed by atoms with Crippen molar-refractivity contribution in [1.29, 1.82) is 0 Å². The van der Waals surface area contributed by atoms with E-state index in [1.165, 1.54) is 37.1 Å². The molecule has 21 heavy (non-hydrogen) atoms. The first kappa shape index (κ1) is 14.3. The van der Waals surface area contributed by atoms with E-state index >= 15 is 0 Å². The number of rotatable bonds is 6. The summed E-state index contributed by atoms with van der Waals surface area (Å²) >= 11 is 0. The molecule has 1 fully saturated rings. The predicted octanol–water partition coefficient (Wildman–Crippen LogP) is 3.89. The monoisotopic (exact) mass is 284 g/mol. The SMILES string of the molecule is CCC1(CC)CN(Cc2conc2Cc2ccccc2)C1. The van der Waals surface area contributed by atoms with Crippen molar-refractivity contribution in [2.45, 2.75) is 39.7 Å². The maximum absolute atomic E-state index is 5.22. The van der Waals surface area contributed by atoms with Gasteiger partial charge in [0.15, 0.2) is 0 Å². The van der Waals surface area contributed by atoms with Gasteiger partial charge < -0.3 is 4.52 Å². The first-order valence-corrected chi connectivity index (χ1v) is 7.93. The van der Waals surface area contributed by atoms with Crippen molar-refractivity contribution in [2.75, 3.05) is 13.1 Å². The van der Waals surface area contributed by atoms with Crippen LogP contribution in [-0.4, -0.2) is 23.1 Å². The summed E-state index contributed by atoms with van der Waals surface area (Å²) < 4.78 is 5.22. The Morgan fingerprint density at radius 3 is 2.52 bits per heavy atom. The van der Waals surface area contributed by atoms with Crippen molar-refractivity contribution in [1.82, 2.24) is 10.1 Å². The molecule has 1 aliphatic heterocycles. The average molecular weight is 284 g/mol. The molecule has 3 rings (SSSR count). The molecule has 112 valence electrons. The van der Waals surface area contributed by atoms with Gasteiger partial charge in [0.25, 0.3) is 0 Å². The summed E-state index contributed by atoms with van der Waals surface area (Å²) in [7, 11) is 0. The zero-order chi connectivity index (χ0) is 14.7. The van der Waals surface area contributed by atoms with Crippen LogP contribution in [0.3, 0.4) is 0 Å². The van der Waals surface area contributed by atoms with Crippen LogP contribution in [0.2, 0.25) is 0 Å². The molecule has 1 aliphatic rings. The molecule has 2 aromatic rings. The molecule has 1 aromatic heterocycles. The maximum atomic E-state index is 5.22. The van der Waals surface area contributed by atoms with Crippen LogP contribution in [0, 0.1) is 5.41 Å². The summed E-state index contributed by atoms with van der Waals surface area (Å²) in [6.07, 6.45) is 5.23. The second-order valence-electron chi connectivity index (χ2n) is 6.30. The van der Waals surface area contributed by atoms with Crippen LogP contribution < -0.4 is 0 Å². The zero-order valence-electron chi connectivity index (χ0n) is 13.0. The van der Waals surface area contributed by atoms with Crippen molar-refractivity contribution in [3.8, 4) is 0 Å². The van der Waals surface area contributed by atoms with Gasteiger partial charge in [-0.1, -0.05) is 49.3 Å². The fourth-order valence-electron chi connectivity index (χ4n) is 3.30. The highest BCUT2D eigenvalue weighted by Gasteiger charge is 2.39. The highest BCUT2D eigenvalue weighted by Crippen LogP contribution is 2.38. The first-order chi connectivity index (χ1) is 10.2. The number of nitrogens with zero attached hydrogens (tertiary/aromatic N) is 2. The van der Waals surface area contributed by atoms with Gasteiger partial charge in [-0.05, 0) is 23.8 Å². The Labute approximate surface area is 126 Å². The van der Waals surface area contributed by atoms with Gasteiger partial charge in [-0.2, -0.15) is 0 Å². The summed E-state index contributed by atoms with van der Waals surface area (Å²) in [5, 5.41) is 4.20. The Balaban J connectivity index is 1.62. The molecule has 1 saturated heterocycles. The van der Waals surface area contributed by atoms with Gasteiger partial charge in [0, 0.05) is 31.6 Å². The fraction of sp³-hybridized carbons (Fsp3) is 0.500. The van der Waals surface area contributed by atoms with Crippen molar-refractivity contribution < 1.29 is 4.52 Å². The zero-order valence-corrected chi connectivity index (χ0v) is 13.0. The van der Waals surface area contributed by atoms with Gasteiger partial charge in [0.2, 0.25) is 0 Å². The second kappa shape index (κ2) is 6.02. The van der Waals surface area contributed by atoms with Gasteiger partial charge in [-0.25, -0.2) is 0 Å². The molecule has 0 unspecified atom stereocenters. The number of aromatic nitrogens is 1. The third kappa shape index (κ3) is 3.03. The maximum Gasteiger partial charge on any atom is 0.128 e. The van der Waals surface area contributed by atoms with Crippen LogP contribution in [0.5, 0.6) is 0 Å². The van der Waals surface area contributed by atoms with E-state index in [4.69, 9.17) is 4.52 Å². The molecule has 3 nitrogen and oxygen atoms in total. The molecule has 0 radical (unpaired) electrons. The van der Waals surface area contributed by atoms with E-state index in [1.54, 1.807) is 0 Å². The van der Waals surface area contributed by atoms with E-state index < -0.39 is 0 Å². The van der Waals surface area contributed by atoms with Crippen LogP contribution in [0.4, 0.5) is 0 Å². The summed E-state index contributed by atoms with van der Waals surface area (Å²) in [6, 6.07) is 10.5. The average Bonchev–Trinajstić information content (AvgIpc) is 2.91. The molecule has 0 atom stereocenters. The van der Waals surface area contributed by atoms with E-state index in [-0.39, 0.29) is 0 Å². The van der Waals surface area contributed by atoms with Crippen LogP contribution in [0.25, 0.3) is 0 Å². The number of hydrogen-bond donors (Lipinski definition) is 0. The Morgan fingerprint density at radius 2 is 1.86 bits per heavy atom. The molecule has 0 saturated carbocycles. The predicted molar refractivity (Wildman–Crippen MR) is 84.0 cm³/mol. The largest absolute Gasteiger partial charge is 0.364 e. The number of hydrogen-bond acceptors (Lipinski definition) is 3. The molecule has 1 aromatic carbocycles. The third-order valence-corrected chi connectivity index (χ3v) is 4.95. The topological polar surface area (TPSA) is 29.3 Å².